The first-order valence-electron chi connectivity index (χ1n) is 4.58. The number of aliphatic hydroxyl groups excluding tert-OH is 1. The van der Waals surface area contributed by atoms with Crippen LogP contribution in [0, 0.1) is 5.92 Å². The Kier molecular flexibility index (Phi) is 3.53. The van der Waals surface area contributed by atoms with E-state index in [2.05, 4.69) is 4.74 Å². The second-order valence-electron chi connectivity index (χ2n) is 3.30. The SMILES string of the molecule is CCOC(=O)[C@H](O)CC1CCC1. The van der Waals surface area contributed by atoms with Crippen LogP contribution in [0.2, 0.25) is 0 Å². The van der Waals surface area contributed by atoms with Crippen LogP contribution in [0.1, 0.15) is 32.6 Å². The minimum atomic E-state index is -0.893. The van der Waals surface area contributed by atoms with Gasteiger partial charge in [0.05, 0.1) is 6.61 Å². The summed E-state index contributed by atoms with van der Waals surface area (Å²) in [4.78, 5) is 10.9. The summed E-state index contributed by atoms with van der Waals surface area (Å²) in [5.41, 5.74) is 0. The lowest BCUT2D eigenvalue weighted by Gasteiger charge is -2.26. The lowest BCUT2D eigenvalue weighted by Crippen LogP contribution is -2.28. The summed E-state index contributed by atoms with van der Waals surface area (Å²) in [5.74, 6) is 0.0776. The van der Waals surface area contributed by atoms with Crippen molar-refractivity contribution in [3.8, 4) is 0 Å². The highest BCUT2D eigenvalue weighted by molar-refractivity contribution is 5.74. The third kappa shape index (κ3) is 2.48. The highest BCUT2D eigenvalue weighted by atomic mass is 16.5. The number of ether oxygens (including phenoxy) is 1. The molecule has 1 aliphatic rings. The molecular weight excluding hydrogens is 156 g/mol. The molecule has 1 N–H and O–H groups in total. The summed E-state index contributed by atoms with van der Waals surface area (Å²) in [6.07, 6.45) is 3.22. The number of rotatable bonds is 4. The molecule has 0 unspecified atom stereocenters. The van der Waals surface area contributed by atoms with Gasteiger partial charge in [-0.15, -0.1) is 0 Å². The molecule has 70 valence electrons. The van der Waals surface area contributed by atoms with Crippen molar-refractivity contribution in [1.29, 1.82) is 0 Å². The van der Waals surface area contributed by atoms with E-state index in [1.807, 2.05) is 0 Å². The molecule has 0 radical (unpaired) electrons. The van der Waals surface area contributed by atoms with Crippen LogP contribution in [0.15, 0.2) is 0 Å². The lowest BCUT2D eigenvalue weighted by molar-refractivity contribution is -0.154. The van der Waals surface area contributed by atoms with Crippen LogP contribution in [0.25, 0.3) is 0 Å². The van der Waals surface area contributed by atoms with E-state index in [9.17, 15) is 9.90 Å². The molecule has 12 heavy (non-hydrogen) atoms. The van der Waals surface area contributed by atoms with Gasteiger partial charge in [-0.05, 0) is 19.3 Å². The zero-order chi connectivity index (χ0) is 8.97. The Labute approximate surface area is 72.7 Å². The largest absolute Gasteiger partial charge is 0.464 e. The molecule has 1 atom stereocenters. The predicted octanol–water partition coefficient (Wildman–Crippen LogP) is 1.10. The normalized spacial score (nSPS) is 19.8. The van der Waals surface area contributed by atoms with Crippen molar-refractivity contribution < 1.29 is 14.6 Å². The average molecular weight is 172 g/mol. The molecule has 0 bridgehead atoms. The van der Waals surface area contributed by atoms with Crippen LogP contribution in [-0.2, 0) is 9.53 Å². The molecule has 1 rings (SSSR count). The standard InChI is InChI=1S/C9H16O3/c1-2-12-9(11)8(10)6-7-4-3-5-7/h7-8,10H,2-6H2,1H3/t8-/m1/s1. The molecular formula is C9H16O3. The Morgan fingerprint density at radius 3 is 2.75 bits per heavy atom. The summed E-state index contributed by atoms with van der Waals surface area (Å²) in [5, 5.41) is 9.31. The first-order valence-corrected chi connectivity index (χ1v) is 4.58. The maximum absolute atomic E-state index is 10.9. The zero-order valence-electron chi connectivity index (χ0n) is 7.45. The van der Waals surface area contributed by atoms with Crippen molar-refractivity contribution in [3.05, 3.63) is 0 Å². The van der Waals surface area contributed by atoms with Crippen molar-refractivity contribution in [2.24, 2.45) is 5.92 Å². The van der Waals surface area contributed by atoms with Gasteiger partial charge in [-0.1, -0.05) is 19.3 Å². The van der Waals surface area contributed by atoms with E-state index in [1.54, 1.807) is 6.92 Å². The van der Waals surface area contributed by atoms with Gasteiger partial charge in [-0.3, -0.25) is 0 Å². The summed E-state index contributed by atoms with van der Waals surface area (Å²) in [6, 6.07) is 0. The maximum Gasteiger partial charge on any atom is 0.334 e. The summed E-state index contributed by atoms with van der Waals surface area (Å²) >= 11 is 0. The fraction of sp³-hybridized carbons (Fsp3) is 0.889. The summed E-state index contributed by atoms with van der Waals surface area (Å²) < 4.78 is 4.68. The van der Waals surface area contributed by atoms with Crippen molar-refractivity contribution in [3.63, 3.8) is 0 Å². The molecule has 1 aliphatic carbocycles. The first-order chi connectivity index (χ1) is 5.74. The second-order valence-corrected chi connectivity index (χ2v) is 3.30. The van der Waals surface area contributed by atoms with Crippen molar-refractivity contribution >= 4 is 5.97 Å². The van der Waals surface area contributed by atoms with Gasteiger partial charge in [0.15, 0.2) is 6.10 Å². The van der Waals surface area contributed by atoms with Gasteiger partial charge < -0.3 is 9.84 Å². The minimum Gasteiger partial charge on any atom is -0.464 e. The Morgan fingerprint density at radius 2 is 2.33 bits per heavy atom. The van der Waals surface area contributed by atoms with Gasteiger partial charge in [0.2, 0.25) is 0 Å². The van der Waals surface area contributed by atoms with Gasteiger partial charge in [0.25, 0.3) is 0 Å². The number of hydrogen-bond acceptors (Lipinski definition) is 3. The number of carbonyl (C=O) groups excluding carboxylic acids is 1. The third-order valence-corrected chi connectivity index (χ3v) is 2.34. The molecule has 0 aromatic rings. The van der Waals surface area contributed by atoms with E-state index in [4.69, 9.17) is 0 Å². The molecule has 1 fully saturated rings. The Hall–Kier alpha value is -0.570. The third-order valence-electron chi connectivity index (χ3n) is 2.34. The van der Waals surface area contributed by atoms with Crippen LogP contribution in [0.5, 0.6) is 0 Å². The molecule has 0 aromatic carbocycles. The number of carbonyl (C=O) groups is 1. The topological polar surface area (TPSA) is 46.5 Å². The molecule has 0 amide bonds. The first kappa shape index (κ1) is 9.52. The van der Waals surface area contributed by atoms with Crippen LogP contribution < -0.4 is 0 Å². The summed E-state index contributed by atoms with van der Waals surface area (Å²) in [6.45, 7) is 2.09. The summed E-state index contributed by atoms with van der Waals surface area (Å²) in [7, 11) is 0. The number of aliphatic hydroxyl groups is 1. The molecule has 3 nitrogen and oxygen atoms in total. The number of esters is 1. The van der Waals surface area contributed by atoms with E-state index in [0.29, 0.717) is 18.9 Å². The van der Waals surface area contributed by atoms with E-state index in [1.165, 1.54) is 6.42 Å². The van der Waals surface area contributed by atoms with Crippen molar-refractivity contribution in [2.45, 2.75) is 38.7 Å². The molecule has 0 heterocycles. The quantitative estimate of drug-likeness (QED) is 0.646. The Bertz CT molecular complexity index is 152. The van der Waals surface area contributed by atoms with Crippen molar-refractivity contribution in [2.75, 3.05) is 6.61 Å². The molecule has 0 spiro atoms. The van der Waals surface area contributed by atoms with Gasteiger partial charge in [0, 0.05) is 0 Å². The molecule has 3 heteroatoms. The van der Waals surface area contributed by atoms with Gasteiger partial charge in [-0.2, -0.15) is 0 Å². The Morgan fingerprint density at radius 1 is 1.67 bits per heavy atom. The smallest absolute Gasteiger partial charge is 0.334 e. The van der Waals surface area contributed by atoms with Crippen molar-refractivity contribution in [1.82, 2.24) is 0 Å². The van der Waals surface area contributed by atoms with E-state index < -0.39 is 12.1 Å². The van der Waals surface area contributed by atoms with Gasteiger partial charge in [0.1, 0.15) is 0 Å². The molecule has 0 aliphatic heterocycles. The van der Waals surface area contributed by atoms with E-state index in [0.717, 1.165) is 12.8 Å². The fourth-order valence-electron chi connectivity index (χ4n) is 1.38. The highest BCUT2D eigenvalue weighted by Gasteiger charge is 2.25. The average Bonchev–Trinajstić information content (AvgIpc) is 1.97. The van der Waals surface area contributed by atoms with Crippen LogP contribution in [-0.4, -0.2) is 23.8 Å². The fourth-order valence-corrected chi connectivity index (χ4v) is 1.38. The molecule has 0 aromatic heterocycles. The second kappa shape index (κ2) is 4.45. The molecule has 1 saturated carbocycles. The van der Waals surface area contributed by atoms with Gasteiger partial charge >= 0.3 is 5.97 Å². The van der Waals surface area contributed by atoms with Crippen LogP contribution in [0.4, 0.5) is 0 Å². The highest BCUT2D eigenvalue weighted by Crippen LogP contribution is 2.30. The van der Waals surface area contributed by atoms with Gasteiger partial charge in [-0.25, -0.2) is 4.79 Å². The number of hydrogen-bond donors (Lipinski definition) is 1. The molecule has 0 saturated heterocycles. The van der Waals surface area contributed by atoms with E-state index >= 15 is 0 Å². The lowest BCUT2D eigenvalue weighted by atomic mass is 9.81. The predicted molar refractivity (Wildman–Crippen MR) is 44.6 cm³/mol. The van der Waals surface area contributed by atoms with E-state index in [-0.39, 0.29) is 0 Å². The Balaban J connectivity index is 2.16. The maximum atomic E-state index is 10.9. The minimum absolute atomic E-state index is 0.348. The van der Waals surface area contributed by atoms with Crippen LogP contribution >= 0.6 is 0 Å². The monoisotopic (exact) mass is 172 g/mol. The zero-order valence-corrected chi connectivity index (χ0v) is 7.45. The van der Waals surface area contributed by atoms with Crippen LogP contribution in [0.3, 0.4) is 0 Å².